The molecule has 4 nitrogen and oxygen atoms in total. The number of carbonyl (C=O) groups is 1. The highest BCUT2D eigenvalue weighted by Gasteiger charge is 2.30. The van der Waals surface area contributed by atoms with Crippen molar-refractivity contribution in [2.75, 3.05) is 12.4 Å². The minimum atomic E-state index is -4.40. The van der Waals surface area contributed by atoms with Crippen molar-refractivity contribution in [1.82, 2.24) is 4.98 Å². The summed E-state index contributed by atoms with van der Waals surface area (Å²) in [7, 11) is 1.27. The Balaban J connectivity index is 2.61. The van der Waals surface area contributed by atoms with Crippen LogP contribution in [0, 0.1) is 0 Å². The Kier molecular flexibility index (Phi) is 4.52. The number of nitrogens with one attached hydrogen (secondary N) is 1. The number of esters is 1. The molecule has 1 aromatic rings. The van der Waals surface area contributed by atoms with Crippen molar-refractivity contribution in [2.45, 2.75) is 25.6 Å². The van der Waals surface area contributed by atoms with Gasteiger partial charge in [-0.1, -0.05) is 0 Å². The Labute approximate surface area is 102 Å². The molecule has 1 rings (SSSR count). The molecule has 0 spiro atoms. The van der Waals surface area contributed by atoms with E-state index in [0.29, 0.717) is 0 Å². The van der Waals surface area contributed by atoms with Crippen LogP contribution in [0.4, 0.5) is 19.0 Å². The number of halogens is 3. The molecule has 1 heterocycles. The van der Waals surface area contributed by atoms with Crippen LogP contribution in [0.1, 0.15) is 18.9 Å². The highest BCUT2D eigenvalue weighted by atomic mass is 19.4. The molecule has 1 aromatic heterocycles. The molecule has 1 atom stereocenters. The normalized spacial score (nSPS) is 12.9. The quantitative estimate of drug-likeness (QED) is 0.847. The minimum absolute atomic E-state index is 0.110. The van der Waals surface area contributed by atoms with Crippen LogP contribution in [0.3, 0.4) is 0 Å². The molecule has 0 aliphatic heterocycles. The van der Waals surface area contributed by atoms with Gasteiger partial charge in [0.15, 0.2) is 0 Å². The number of rotatable bonds is 4. The first-order chi connectivity index (χ1) is 8.32. The first-order valence-electron chi connectivity index (χ1n) is 5.19. The van der Waals surface area contributed by atoms with E-state index in [1.165, 1.54) is 13.2 Å². The molecular formula is C11H13F3N2O2. The standard InChI is InChI=1S/C11H13F3N2O2/c1-7(5-10(17)18-2)16-9-4-3-8(6-15-9)11(12,13)14/h3-4,6-7H,5H2,1-2H3,(H,15,16). The number of anilines is 1. The van der Waals surface area contributed by atoms with Gasteiger partial charge in [0.25, 0.3) is 0 Å². The van der Waals surface area contributed by atoms with Gasteiger partial charge in [-0.25, -0.2) is 4.98 Å². The molecule has 100 valence electrons. The molecule has 0 aromatic carbocycles. The van der Waals surface area contributed by atoms with Crippen molar-refractivity contribution in [1.29, 1.82) is 0 Å². The molecule has 0 fully saturated rings. The lowest BCUT2D eigenvalue weighted by Gasteiger charge is -2.13. The van der Waals surface area contributed by atoms with Gasteiger partial charge in [0.2, 0.25) is 0 Å². The van der Waals surface area contributed by atoms with Gasteiger partial charge in [0.1, 0.15) is 5.82 Å². The molecule has 0 amide bonds. The van der Waals surface area contributed by atoms with E-state index in [0.717, 1.165) is 12.3 Å². The molecule has 0 aliphatic rings. The number of alkyl halides is 3. The second-order valence-corrected chi connectivity index (χ2v) is 3.76. The van der Waals surface area contributed by atoms with Crippen LogP contribution in [0.5, 0.6) is 0 Å². The molecule has 18 heavy (non-hydrogen) atoms. The molecule has 0 bridgehead atoms. The van der Waals surface area contributed by atoms with Crippen molar-refractivity contribution in [3.63, 3.8) is 0 Å². The molecule has 7 heteroatoms. The maximum Gasteiger partial charge on any atom is 0.417 e. The molecule has 1 N–H and O–H groups in total. The van der Waals surface area contributed by atoms with Crippen LogP contribution in [0.15, 0.2) is 18.3 Å². The summed E-state index contributed by atoms with van der Waals surface area (Å²) < 4.78 is 41.3. The van der Waals surface area contributed by atoms with E-state index in [-0.39, 0.29) is 18.3 Å². The lowest BCUT2D eigenvalue weighted by molar-refractivity contribution is -0.140. The predicted octanol–water partition coefficient (Wildman–Crippen LogP) is 2.46. The zero-order valence-electron chi connectivity index (χ0n) is 9.91. The van der Waals surface area contributed by atoms with Crippen molar-refractivity contribution < 1.29 is 22.7 Å². The van der Waals surface area contributed by atoms with Gasteiger partial charge in [-0.3, -0.25) is 4.79 Å². The van der Waals surface area contributed by atoms with Crippen molar-refractivity contribution in [3.8, 4) is 0 Å². The monoisotopic (exact) mass is 262 g/mol. The highest BCUT2D eigenvalue weighted by Crippen LogP contribution is 2.28. The number of hydrogen-bond acceptors (Lipinski definition) is 4. The van der Waals surface area contributed by atoms with Crippen molar-refractivity contribution in [3.05, 3.63) is 23.9 Å². The summed E-state index contributed by atoms with van der Waals surface area (Å²) >= 11 is 0. The first kappa shape index (κ1) is 14.3. The number of ether oxygens (including phenoxy) is 1. The van der Waals surface area contributed by atoms with Crippen LogP contribution in [-0.2, 0) is 15.7 Å². The summed E-state index contributed by atoms with van der Waals surface area (Å²) in [5, 5.41) is 2.81. The van der Waals surface area contributed by atoms with Gasteiger partial charge >= 0.3 is 12.1 Å². The Morgan fingerprint density at radius 1 is 1.50 bits per heavy atom. The number of hydrogen-bond donors (Lipinski definition) is 1. The van der Waals surface area contributed by atoms with E-state index in [4.69, 9.17) is 0 Å². The number of nitrogens with zero attached hydrogens (tertiary/aromatic N) is 1. The second-order valence-electron chi connectivity index (χ2n) is 3.76. The van der Waals surface area contributed by atoms with Gasteiger partial charge in [-0.2, -0.15) is 13.2 Å². The van der Waals surface area contributed by atoms with Crippen molar-refractivity contribution >= 4 is 11.8 Å². The Bertz CT molecular complexity index is 404. The zero-order valence-corrected chi connectivity index (χ0v) is 9.91. The van der Waals surface area contributed by atoms with Gasteiger partial charge < -0.3 is 10.1 Å². The Morgan fingerprint density at radius 3 is 2.61 bits per heavy atom. The average Bonchev–Trinajstić information content (AvgIpc) is 2.28. The Morgan fingerprint density at radius 2 is 2.17 bits per heavy atom. The van der Waals surface area contributed by atoms with Crippen LogP contribution in [0.25, 0.3) is 0 Å². The lowest BCUT2D eigenvalue weighted by atomic mass is 10.2. The van der Waals surface area contributed by atoms with E-state index in [9.17, 15) is 18.0 Å². The third-order valence-corrected chi connectivity index (χ3v) is 2.19. The summed E-state index contributed by atoms with van der Waals surface area (Å²) in [4.78, 5) is 14.6. The Hall–Kier alpha value is -1.79. The van der Waals surface area contributed by atoms with Crippen molar-refractivity contribution in [2.24, 2.45) is 0 Å². The van der Waals surface area contributed by atoms with E-state index in [2.05, 4.69) is 15.0 Å². The van der Waals surface area contributed by atoms with Crippen LogP contribution in [-0.4, -0.2) is 24.1 Å². The summed E-state index contributed by atoms with van der Waals surface area (Å²) in [5.41, 5.74) is -0.811. The molecule has 0 aliphatic carbocycles. The molecule has 1 unspecified atom stereocenters. The topological polar surface area (TPSA) is 51.2 Å². The van der Waals surface area contributed by atoms with E-state index >= 15 is 0 Å². The molecule has 0 saturated carbocycles. The number of aromatic nitrogens is 1. The summed E-state index contributed by atoms with van der Waals surface area (Å²) in [6.45, 7) is 1.70. The van der Waals surface area contributed by atoms with Crippen LogP contribution < -0.4 is 5.32 Å². The SMILES string of the molecule is COC(=O)CC(C)Nc1ccc(C(F)(F)F)cn1. The number of methoxy groups -OCH3 is 1. The fourth-order valence-corrected chi connectivity index (χ4v) is 1.28. The predicted molar refractivity (Wildman–Crippen MR) is 59.0 cm³/mol. The molecule has 0 radical (unpaired) electrons. The van der Waals surface area contributed by atoms with E-state index < -0.39 is 17.7 Å². The molecular weight excluding hydrogens is 249 g/mol. The van der Waals surface area contributed by atoms with Gasteiger partial charge in [-0.05, 0) is 19.1 Å². The maximum absolute atomic E-state index is 12.3. The fourth-order valence-electron chi connectivity index (χ4n) is 1.28. The lowest BCUT2D eigenvalue weighted by Crippen LogP contribution is -2.21. The van der Waals surface area contributed by atoms with Crippen LogP contribution in [0.2, 0.25) is 0 Å². The third-order valence-electron chi connectivity index (χ3n) is 2.19. The average molecular weight is 262 g/mol. The van der Waals surface area contributed by atoms with Crippen LogP contribution >= 0.6 is 0 Å². The summed E-state index contributed by atoms with van der Waals surface area (Å²) in [6, 6.07) is 1.87. The van der Waals surface area contributed by atoms with E-state index in [1.54, 1.807) is 6.92 Å². The second kappa shape index (κ2) is 5.70. The third kappa shape index (κ3) is 4.23. The first-order valence-corrected chi connectivity index (χ1v) is 5.19. The minimum Gasteiger partial charge on any atom is -0.469 e. The maximum atomic E-state index is 12.3. The number of carbonyl (C=O) groups excluding carboxylic acids is 1. The highest BCUT2D eigenvalue weighted by molar-refractivity contribution is 5.70. The largest absolute Gasteiger partial charge is 0.469 e. The van der Waals surface area contributed by atoms with Gasteiger partial charge in [-0.15, -0.1) is 0 Å². The fraction of sp³-hybridized carbons (Fsp3) is 0.455. The molecule has 0 saturated heterocycles. The smallest absolute Gasteiger partial charge is 0.417 e. The summed E-state index contributed by atoms with van der Waals surface area (Å²) in [5.74, 6) is -0.124. The van der Waals surface area contributed by atoms with E-state index in [1.807, 2.05) is 0 Å². The zero-order chi connectivity index (χ0) is 13.8. The van der Waals surface area contributed by atoms with Gasteiger partial charge in [0.05, 0.1) is 19.1 Å². The van der Waals surface area contributed by atoms with Gasteiger partial charge in [0, 0.05) is 12.2 Å². The summed E-state index contributed by atoms with van der Waals surface area (Å²) in [6.07, 6.45) is -3.55. The number of pyridine rings is 1.